The molecule has 0 radical (unpaired) electrons. The number of carbonyl (C=O) groups is 3. The summed E-state index contributed by atoms with van der Waals surface area (Å²) in [5.74, 6) is -1.34. The van der Waals surface area contributed by atoms with Gasteiger partial charge in [0, 0.05) is 30.5 Å². The van der Waals surface area contributed by atoms with Crippen LogP contribution < -0.4 is 10.6 Å². The van der Waals surface area contributed by atoms with Crippen LogP contribution in [0.1, 0.15) is 43.1 Å². The molecule has 1 aliphatic heterocycles. The third-order valence-corrected chi connectivity index (χ3v) is 5.07. The number of aliphatic carboxylic acids is 1. The van der Waals surface area contributed by atoms with E-state index in [-0.39, 0.29) is 17.6 Å². The number of nitrogens with one attached hydrogen (secondary N) is 2. The van der Waals surface area contributed by atoms with Crippen LogP contribution in [0.25, 0.3) is 11.1 Å². The van der Waals surface area contributed by atoms with Crippen LogP contribution in [0.15, 0.2) is 42.6 Å². The summed E-state index contributed by atoms with van der Waals surface area (Å²) >= 11 is 0. The Morgan fingerprint density at radius 1 is 1.13 bits per heavy atom. The maximum absolute atomic E-state index is 12.6. The molecule has 3 N–H and O–H groups in total. The number of rotatable bonds is 7. The number of nitrogens with zero attached hydrogens (tertiary/aromatic N) is 2. The van der Waals surface area contributed by atoms with Gasteiger partial charge in [0.2, 0.25) is 0 Å². The number of aromatic nitrogens is 1. The molecule has 1 aliphatic rings. The molecule has 1 aromatic carbocycles. The number of hydrogen-bond donors (Lipinski definition) is 3. The lowest BCUT2D eigenvalue weighted by Gasteiger charge is -2.20. The van der Waals surface area contributed by atoms with Crippen LogP contribution in [0.2, 0.25) is 0 Å². The summed E-state index contributed by atoms with van der Waals surface area (Å²) in [4.78, 5) is 41.3. The molecule has 2 heterocycles. The van der Waals surface area contributed by atoms with E-state index in [4.69, 9.17) is 0 Å². The van der Waals surface area contributed by atoms with Crippen molar-refractivity contribution in [2.45, 2.75) is 38.6 Å². The van der Waals surface area contributed by atoms with Gasteiger partial charge in [-0.15, -0.1) is 0 Å². The summed E-state index contributed by atoms with van der Waals surface area (Å²) in [6, 6.07) is 9.71. The van der Waals surface area contributed by atoms with Gasteiger partial charge in [0.25, 0.3) is 5.91 Å². The number of unbranched alkanes of at least 4 members (excludes halogenated alkanes) is 1. The first kappa shape index (κ1) is 21.3. The second-order valence-corrected chi connectivity index (χ2v) is 7.24. The van der Waals surface area contributed by atoms with Gasteiger partial charge in [0.15, 0.2) is 0 Å². The lowest BCUT2D eigenvalue weighted by molar-refractivity contribution is -0.141. The topological polar surface area (TPSA) is 112 Å². The molecule has 8 nitrogen and oxygen atoms in total. The largest absolute Gasteiger partial charge is 0.480 e. The van der Waals surface area contributed by atoms with Crippen LogP contribution in [-0.4, -0.2) is 52.0 Å². The van der Waals surface area contributed by atoms with Gasteiger partial charge < -0.3 is 20.6 Å². The minimum Gasteiger partial charge on any atom is -0.480 e. The van der Waals surface area contributed by atoms with Crippen molar-refractivity contribution in [1.29, 1.82) is 0 Å². The van der Waals surface area contributed by atoms with Gasteiger partial charge in [0.05, 0.1) is 0 Å². The van der Waals surface area contributed by atoms with Crippen LogP contribution in [0, 0.1) is 0 Å². The summed E-state index contributed by atoms with van der Waals surface area (Å²) in [5, 5.41) is 14.8. The SMILES string of the molecule is CCCCNC(=O)Nc1ccc(-c2ccc(C(=O)N3CCC[C@H]3C(=O)O)nc2)cc1. The smallest absolute Gasteiger partial charge is 0.326 e. The Kier molecular flexibility index (Phi) is 7.00. The molecule has 1 saturated heterocycles. The third-order valence-electron chi connectivity index (χ3n) is 5.07. The van der Waals surface area contributed by atoms with Gasteiger partial charge in [-0.1, -0.05) is 31.5 Å². The monoisotopic (exact) mass is 410 g/mol. The fourth-order valence-corrected chi connectivity index (χ4v) is 3.40. The zero-order chi connectivity index (χ0) is 21.5. The number of pyridine rings is 1. The number of likely N-dealkylation sites (tertiary alicyclic amines) is 1. The van der Waals surface area contributed by atoms with Crippen LogP contribution in [0.5, 0.6) is 0 Å². The van der Waals surface area contributed by atoms with Crippen molar-refractivity contribution in [2.24, 2.45) is 0 Å². The molecule has 0 aliphatic carbocycles. The molecule has 0 spiro atoms. The number of urea groups is 1. The highest BCUT2D eigenvalue weighted by Crippen LogP contribution is 2.23. The van der Waals surface area contributed by atoms with Crippen LogP contribution in [0.3, 0.4) is 0 Å². The second kappa shape index (κ2) is 9.87. The number of benzene rings is 1. The lowest BCUT2D eigenvalue weighted by atomic mass is 10.1. The van der Waals surface area contributed by atoms with Crippen molar-refractivity contribution < 1.29 is 19.5 Å². The zero-order valence-corrected chi connectivity index (χ0v) is 16.9. The summed E-state index contributed by atoms with van der Waals surface area (Å²) in [6.07, 6.45) is 4.70. The van der Waals surface area contributed by atoms with E-state index < -0.39 is 12.0 Å². The maximum atomic E-state index is 12.6. The van der Waals surface area contributed by atoms with Gasteiger partial charge in [-0.05, 0) is 43.0 Å². The standard InChI is InChI=1S/C22H26N4O4/c1-2-3-12-23-22(30)25-17-9-6-15(7-10-17)16-8-11-18(24-14-16)20(27)26-13-4-5-19(26)21(28)29/h6-11,14,19H,2-5,12-13H2,1H3,(H,28,29)(H2,23,25,30)/t19-/m0/s1. The molecule has 158 valence electrons. The Morgan fingerprint density at radius 2 is 1.87 bits per heavy atom. The number of carboxylic acids is 1. The van der Waals surface area contributed by atoms with Gasteiger partial charge in [0.1, 0.15) is 11.7 Å². The van der Waals surface area contributed by atoms with Gasteiger partial charge in [-0.25, -0.2) is 9.59 Å². The Morgan fingerprint density at radius 3 is 2.50 bits per heavy atom. The molecular weight excluding hydrogens is 384 g/mol. The van der Waals surface area contributed by atoms with Crippen molar-refractivity contribution in [3.63, 3.8) is 0 Å². The fourth-order valence-electron chi connectivity index (χ4n) is 3.40. The first-order chi connectivity index (χ1) is 14.5. The first-order valence-electron chi connectivity index (χ1n) is 10.1. The molecule has 1 atom stereocenters. The van der Waals surface area contributed by atoms with Crippen molar-refractivity contribution >= 4 is 23.6 Å². The second-order valence-electron chi connectivity index (χ2n) is 7.24. The highest BCUT2D eigenvalue weighted by atomic mass is 16.4. The van der Waals surface area contributed by atoms with Gasteiger partial charge in [-0.2, -0.15) is 0 Å². The average Bonchev–Trinajstić information content (AvgIpc) is 3.24. The molecule has 1 aromatic heterocycles. The van der Waals surface area contributed by atoms with Gasteiger partial charge >= 0.3 is 12.0 Å². The Bertz CT molecular complexity index is 896. The number of hydrogen-bond acceptors (Lipinski definition) is 4. The first-order valence-corrected chi connectivity index (χ1v) is 10.1. The molecular formula is C22H26N4O4. The molecule has 30 heavy (non-hydrogen) atoms. The number of anilines is 1. The average molecular weight is 410 g/mol. The summed E-state index contributed by atoms with van der Waals surface area (Å²) in [6.45, 7) is 3.14. The van der Waals surface area contributed by atoms with Crippen LogP contribution >= 0.6 is 0 Å². The maximum Gasteiger partial charge on any atom is 0.326 e. The van der Waals surface area contributed by atoms with Crippen molar-refractivity contribution in [3.8, 4) is 11.1 Å². The van der Waals surface area contributed by atoms with E-state index in [1.165, 1.54) is 4.90 Å². The minimum absolute atomic E-state index is 0.230. The van der Waals surface area contributed by atoms with Gasteiger partial charge in [-0.3, -0.25) is 9.78 Å². The van der Waals surface area contributed by atoms with E-state index in [0.717, 1.165) is 24.0 Å². The Hall–Kier alpha value is -3.42. The van der Waals surface area contributed by atoms with E-state index in [1.54, 1.807) is 30.5 Å². The molecule has 3 rings (SSSR count). The molecule has 0 unspecified atom stereocenters. The van der Waals surface area contributed by atoms with Crippen molar-refractivity contribution in [1.82, 2.24) is 15.2 Å². The van der Waals surface area contributed by atoms with Crippen molar-refractivity contribution in [3.05, 3.63) is 48.3 Å². The van der Waals surface area contributed by atoms with E-state index in [0.29, 0.717) is 31.6 Å². The highest BCUT2D eigenvalue weighted by molar-refractivity contribution is 5.95. The van der Waals surface area contributed by atoms with E-state index >= 15 is 0 Å². The number of carboxylic acid groups (broad SMARTS) is 1. The molecule has 0 saturated carbocycles. The zero-order valence-electron chi connectivity index (χ0n) is 16.9. The summed E-state index contributed by atoms with van der Waals surface area (Å²) < 4.78 is 0. The molecule has 2 aromatic rings. The van der Waals surface area contributed by atoms with E-state index in [1.807, 2.05) is 12.1 Å². The normalized spacial score (nSPS) is 15.6. The molecule has 1 fully saturated rings. The molecule has 8 heteroatoms. The van der Waals surface area contributed by atoms with Crippen LogP contribution in [0.4, 0.5) is 10.5 Å². The lowest BCUT2D eigenvalue weighted by Crippen LogP contribution is -2.40. The Balaban J connectivity index is 1.62. The molecule has 0 bridgehead atoms. The fraction of sp³-hybridized carbons (Fsp3) is 0.364. The van der Waals surface area contributed by atoms with E-state index in [9.17, 15) is 19.5 Å². The minimum atomic E-state index is -0.981. The summed E-state index contributed by atoms with van der Waals surface area (Å²) in [5.41, 5.74) is 2.62. The predicted molar refractivity (Wildman–Crippen MR) is 113 cm³/mol. The van der Waals surface area contributed by atoms with Crippen LogP contribution in [-0.2, 0) is 4.79 Å². The predicted octanol–water partition coefficient (Wildman–Crippen LogP) is 3.36. The Labute approximate surface area is 175 Å². The number of carbonyl (C=O) groups excluding carboxylic acids is 2. The quantitative estimate of drug-likeness (QED) is 0.606. The molecule has 3 amide bonds. The van der Waals surface area contributed by atoms with E-state index in [2.05, 4.69) is 22.5 Å². The summed E-state index contributed by atoms with van der Waals surface area (Å²) in [7, 11) is 0. The third kappa shape index (κ3) is 5.14. The van der Waals surface area contributed by atoms with Crippen molar-refractivity contribution in [2.75, 3.05) is 18.4 Å². The number of amides is 3. The highest BCUT2D eigenvalue weighted by Gasteiger charge is 2.34.